The lowest BCUT2D eigenvalue weighted by Gasteiger charge is -2.32. The van der Waals surface area contributed by atoms with E-state index in [2.05, 4.69) is 10.2 Å². The van der Waals surface area contributed by atoms with Crippen molar-refractivity contribution in [3.63, 3.8) is 0 Å². The van der Waals surface area contributed by atoms with Crippen molar-refractivity contribution in [3.05, 3.63) is 64.4 Å². The van der Waals surface area contributed by atoms with E-state index >= 15 is 0 Å². The number of amides is 1. The van der Waals surface area contributed by atoms with Crippen LogP contribution in [0.15, 0.2) is 42.5 Å². The van der Waals surface area contributed by atoms with E-state index in [1.54, 1.807) is 24.3 Å². The van der Waals surface area contributed by atoms with Crippen LogP contribution in [-0.2, 0) is 16.1 Å². The molecule has 7 heteroatoms. The summed E-state index contributed by atoms with van der Waals surface area (Å²) in [6.45, 7) is 2.20. The minimum atomic E-state index is -0.552. The first-order chi connectivity index (χ1) is 13.5. The van der Waals surface area contributed by atoms with Crippen LogP contribution in [0.1, 0.15) is 28.8 Å². The average molecular weight is 405 g/mol. The Morgan fingerprint density at radius 1 is 1.25 bits per heavy atom. The van der Waals surface area contributed by atoms with E-state index < -0.39 is 5.97 Å². The zero-order chi connectivity index (χ0) is 20.1. The van der Waals surface area contributed by atoms with Crippen LogP contribution in [0.5, 0.6) is 0 Å². The van der Waals surface area contributed by atoms with Gasteiger partial charge in [0, 0.05) is 18.8 Å². The van der Waals surface area contributed by atoms with E-state index in [1.807, 2.05) is 0 Å². The summed E-state index contributed by atoms with van der Waals surface area (Å²) in [5.74, 6) is -1.06. The molecular weight excluding hydrogens is 383 g/mol. The van der Waals surface area contributed by atoms with E-state index in [9.17, 15) is 14.0 Å². The normalized spacial score (nSPS) is 17.2. The molecule has 3 rings (SSSR count). The number of piperidine rings is 1. The molecule has 1 atom stereocenters. The maximum atomic E-state index is 13.1. The molecule has 1 heterocycles. The molecule has 148 valence electrons. The Hall–Kier alpha value is -2.44. The lowest BCUT2D eigenvalue weighted by Crippen LogP contribution is -2.40. The first-order valence-corrected chi connectivity index (χ1v) is 9.49. The number of nitrogens with zero attached hydrogens (tertiary/aromatic N) is 1. The minimum absolute atomic E-state index is 0.0954. The molecule has 1 N–H and O–H groups in total. The molecule has 1 aliphatic heterocycles. The number of likely N-dealkylation sites (tertiary alicyclic amines) is 1. The van der Waals surface area contributed by atoms with Crippen LogP contribution in [0.25, 0.3) is 0 Å². The van der Waals surface area contributed by atoms with Crippen molar-refractivity contribution < 1.29 is 18.7 Å². The van der Waals surface area contributed by atoms with Gasteiger partial charge in [0.25, 0.3) is 0 Å². The van der Waals surface area contributed by atoms with Gasteiger partial charge >= 0.3 is 5.97 Å². The van der Waals surface area contributed by atoms with Gasteiger partial charge in [0.1, 0.15) is 5.82 Å². The van der Waals surface area contributed by atoms with Crippen molar-refractivity contribution in [2.45, 2.75) is 19.4 Å². The van der Waals surface area contributed by atoms with E-state index in [0.29, 0.717) is 18.8 Å². The van der Waals surface area contributed by atoms with Gasteiger partial charge in [0.05, 0.1) is 23.6 Å². The number of rotatable bonds is 5. The number of halogens is 2. The summed E-state index contributed by atoms with van der Waals surface area (Å²) in [5.41, 5.74) is 1.73. The molecule has 0 aliphatic carbocycles. The molecule has 2 aromatic rings. The molecule has 0 bridgehead atoms. The van der Waals surface area contributed by atoms with Gasteiger partial charge in [-0.05, 0) is 55.3 Å². The quantitative estimate of drug-likeness (QED) is 0.762. The Bertz CT molecular complexity index is 857. The Balaban J connectivity index is 1.62. The SMILES string of the molecule is COC(=O)c1cc(NC(=O)[C@H]2CCCN(Cc3ccc(F)cc3)C2)ccc1Cl. The van der Waals surface area contributed by atoms with Crippen LogP contribution in [0, 0.1) is 11.7 Å². The Morgan fingerprint density at radius 2 is 2.00 bits per heavy atom. The highest BCUT2D eigenvalue weighted by Gasteiger charge is 2.26. The largest absolute Gasteiger partial charge is 0.465 e. The number of ether oxygens (including phenoxy) is 1. The number of carbonyl (C=O) groups excluding carboxylic acids is 2. The predicted molar refractivity (Wildman–Crippen MR) is 106 cm³/mol. The molecule has 1 amide bonds. The zero-order valence-electron chi connectivity index (χ0n) is 15.6. The molecule has 0 radical (unpaired) electrons. The van der Waals surface area contributed by atoms with Gasteiger partial charge in [0.2, 0.25) is 5.91 Å². The number of hydrogen-bond acceptors (Lipinski definition) is 4. The summed E-state index contributed by atoms with van der Waals surface area (Å²) < 4.78 is 17.8. The van der Waals surface area contributed by atoms with Crippen LogP contribution < -0.4 is 5.32 Å². The van der Waals surface area contributed by atoms with Crippen molar-refractivity contribution in [2.24, 2.45) is 5.92 Å². The Kier molecular flexibility index (Phi) is 6.65. The number of carbonyl (C=O) groups is 2. The monoisotopic (exact) mass is 404 g/mol. The van der Waals surface area contributed by atoms with E-state index in [1.165, 1.54) is 25.3 Å². The van der Waals surface area contributed by atoms with Gasteiger partial charge < -0.3 is 10.1 Å². The topological polar surface area (TPSA) is 58.6 Å². The molecule has 5 nitrogen and oxygen atoms in total. The summed E-state index contributed by atoms with van der Waals surface area (Å²) in [6, 6.07) is 11.2. The van der Waals surface area contributed by atoms with Gasteiger partial charge in [-0.2, -0.15) is 0 Å². The van der Waals surface area contributed by atoms with Crippen molar-refractivity contribution in [1.82, 2.24) is 4.90 Å². The highest BCUT2D eigenvalue weighted by Crippen LogP contribution is 2.24. The fourth-order valence-corrected chi connectivity index (χ4v) is 3.57. The molecule has 0 spiro atoms. The third kappa shape index (κ3) is 5.09. The van der Waals surface area contributed by atoms with Crippen molar-refractivity contribution in [1.29, 1.82) is 0 Å². The molecule has 0 aromatic heterocycles. The lowest BCUT2D eigenvalue weighted by atomic mass is 9.96. The molecule has 1 aliphatic rings. The maximum Gasteiger partial charge on any atom is 0.339 e. The standard InChI is InChI=1S/C21H22ClFN2O3/c1-28-21(27)18-11-17(8-9-19(18)22)24-20(26)15-3-2-10-25(13-15)12-14-4-6-16(23)7-5-14/h4-9,11,15H,2-3,10,12-13H2,1H3,(H,24,26)/t15-/m0/s1. The van der Waals surface area contributed by atoms with Crippen molar-refractivity contribution in [3.8, 4) is 0 Å². The first kappa shape index (κ1) is 20.3. The maximum absolute atomic E-state index is 13.1. The van der Waals surface area contributed by atoms with Crippen molar-refractivity contribution in [2.75, 3.05) is 25.5 Å². The minimum Gasteiger partial charge on any atom is -0.465 e. The third-order valence-corrected chi connectivity index (χ3v) is 5.16. The fourth-order valence-electron chi connectivity index (χ4n) is 3.37. The summed E-state index contributed by atoms with van der Waals surface area (Å²) in [5, 5.41) is 3.14. The number of anilines is 1. The fraction of sp³-hybridized carbons (Fsp3) is 0.333. The smallest absolute Gasteiger partial charge is 0.339 e. The van der Waals surface area contributed by atoms with Gasteiger partial charge in [-0.1, -0.05) is 23.7 Å². The molecular formula is C21H22ClFN2O3. The number of nitrogens with one attached hydrogen (secondary N) is 1. The highest BCUT2D eigenvalue weighted by molar-refractivity contribution is 6.33. The second-order valence-corrected chi connectivity index (χ2v) is 7.28. The van der Waals surface area contributed by atoms with Crippen LogP contribution >= 0.6 is 11.6 Å². The summed E-state index contributed by atoms with van der Waals surface area (Å²) in [4.78, 5) is 26.7. The van der Waals surface area contributed by atoms with Crippen LogP contribution in [0.3, 0.4) is 0 Å². The summed E-state index contributed by atoms with van der Waals surface area (Å²) in [7, 11) is 1.28. The van der Waals surface area contributed by atoms with E-state index in [4.69, 9.17) is 16.3 Å². The van der Waals surface area contributed by atoms with E-state index in [0.717, 1.165) is 24.9 Å². The van der Waals surface area contributed by atoms with Gasteiger partial charge in [-0.15, -0.1) is 0 Å². The Morgan fingerprint density at radius 3 is 2.71 bits per heavy atom. The van der Waals surface area contributed by atoms with Crippen LogP contribution in [0.2, 0.25) is 5.02 Å². The first-order valence-electron chi connectivity index (χ1n) is 9.12. The van der Waals surface area contributed by atoms with Crippen molar-refractivity contribution >= 4 is 29.2 Å². The molecule has 1 fully saturated rings. The average Bonchev–Trinajstić information content (AvgIpc) is 2.70. The predicted octanol–water partition coefficient (Wildman–Crippen LogP) is 4.12. The van der Waals surface area contributed by atoms with Gasteiger partial charge in [-0.3, -0.25) is 9.69 Å². The number of benzene rings is 2. The molecule has 2 aromatic carbocycles. The van der Waals surface area contributed by atoms with E-state index in [-0.39, 0.29) is 28.2 Å². The zero-order valence-corrected chi connectivity index (χ0v) is 16.3. The molecule has 0 saturated carbocycles. The highest BCUT2D eigenvalue weighted by atomic mass is 35.5. The van der Waals surface area contributed by atoms with Gasteiger partial charge in [-0.25, -0.2) is 9.18 Å². The van der Waals surface area contributed by atoms with Crippen LogP contribution in [0.4, 0.5) is 10.1 Å². The van der Waals surface area contributed by atoms with Gasteiger partial charge in [0.15, 0.2) is 0 Å². The third-order valence-electron chi connectivity index (χ3n) is 4.83. The molecule has 0 unspecified atom stereocenters. The number of esters is 1. The number of hydrogen-bond donors (Lipinski definition) is 1. The number of methoxy groups -OCH3 is 1. The summed E-state index contributed by atoms with van der Waals surface area (Å²) >= 11 is 6.02. The second kappa shape index (κ2) is 9.17. The summed E-state index contributed by atoms with van der Waals surface area (Å²) in [6.07, 6.45) is 1.70. The Labute approximate surface area is 168 Å². The second-order valence-electron chi connectivity index (χ2n) is 6.88. The lowest BCUT2D eigenvalue weighted by molar-refractivity contribution is -0.121. The molecule has 28 heavy (non-hydrogen) atoms. The molecule has 1 saturated heterocycles. The van der Waals surface area contributed by atoms with Crippen LogP contribution in [-0.4, -0.2) is 37.0 Å².